The molecule has 0 aliphatic rings. The number of nitrogens with one attached hydrogen (secondary N) is 2. The highest BCUT2D eigenvalue weighted by atomic mass is 32.2. The first-order chi connectivity index (χ1) is 14.3. The Hall–Kier alpha value is -3.11. The van der Waals surface area contributed by atoms with Gasteiger partial charge in [0.2, 0.25) is 10.0 Å². The van der Waals surface area contributed by atoms with E-state index in [9.17, 15) is 13.2 Å². The Kier molecular flexibility index (Phi) is 6.58. The highest BCUT2D eigenvalue weighted by Crippen LogP contribution is 2.29. The van der Waals surface area contributed by atoms with Crippen LogP contribution in [-0.4, -0.2) is 39.3 Å². The van der Waals surface area contributed by atoms with Crippen LogP contribution in [0.15, 0.2) is 47.8 Å². The molecule has 0 saturated carbocycles. The van der Waals surface area contributed by atoms with Crippen molar-refractivity contribution in [3.8, 4) is 22.8 Å². The summed E-state index contributed by atoms with van der Waals surface area (Å²) >= 11 is 1.29. The van der Waals surface area contributed by atoms with Gasteiger partial charge in [-0.2, -0.15) is 0 Å². The summed E-state index contributed by atoms with van der Waals surface area (Å²) in [5, 5.41) is 5.03. The number of hydrogen-bond donors (Lipinski definition) is 2. The van der Waals surface area contributed by atoms with Crippen molar-refractivity contribution in [3.63, 3.8) is 0 Å². The van der Waals surface area contributed by atoms with Crippen LogP contribution in [0.25, 0.3) is 11.3 Å². The second kappa shape index (κ2) is 9.14. The maximum atomic E-state index is 12.6. The zero-order chi connectivity index (χ0) is 21.7. The highest BCUT2D eigenvalue weighted by Gasteiger charge is 2.13. The lowest BCUT2D eigenvalue weighted by atomic mass is 10.1. The van der Waals surface area contributed by atoms with Crippen molar-refractivity contribution in [2.24, 2.45) is 0 Å². The molecular weight excluding hydrogens is 426 g/mol. The van der Waals surface area contributed by atoms with Gasteiger partial charge in [-0.05, 0) is 37.3 Å². The number of benzene rings is 2. The number of hydrogen-bond acceptors (Lipinski definition) is 7. The first-order valence-electron chi connectivity index (χ1n) is 8.95. The molecule has 2 aromatic carbocycles. The van der Waals surface area contributed by atoms with E-state index in [2.05, 4.69) is 15.0 Å². The van der Waals surface area contributed by atoms with Gasteiger partial charge in [-0.25, -0.2) is 13.4 Å². The molecular formula is C20H21N3O5S2. The van der Waals surface area contributed by atoms with Crippen molar-refractivity contribution in [2.45, 2.75) is 6.92 Å². The molecule has 0 saturated heterocycles. The molecule has 0 spiro atoms. The van der Waals surface area contributed by atoms with Crippen molar-refractivity contribution < 1.29 is 22.7 Å². The van der Waals surface area contributed by atoms with Gasteiger partial charge in [0, 0.05) is 22.2 Å². The summed E-state index contributed by atoms with van der Waals surface area (Å²) in [6.45, 7) is 2.37. The summed E-state index contributed by atoms with van der Waals surface area (Å²) in [6, 6.07) is 11.8. The molecule has 0 fully saturated rings. The van der Waals surface area contributed by atoms with E-state index in [0.717, 1.165) is 11.8 Å². The molecule has 8 nitrogen and oxygen atoms in total. The summed E-state index contributed by atoms with van der Waals surface area (Å²) in [5.41, 5.74) is 2.36. The number of carbonyl (C=O) groups excluding carboxylic acids is 1. The average Bonchev–Trinajstić information content (AvgIpc) is 3.16. The Morgan fingerprint density at radius 2 is 1.87 bits per heavy atom. The van der Waals surface area contributed by atoms with Gasteiger partial charge >= 0.3 is 0 Å². The van der Waals surface area contributed by atoms with Crippen molar-refractivity contribution in [1.29, 1.82) is 0 Å². The maximum absolute atomic E-state index is 12.6. The molecule has 158 valence electrons. The van der Waals surface area contributed by atoms with Crippen LogP contribution in [0.5, 0.6) is 11.5 Å². The predicted molar refractivity (Wildman–Crippen MR) is 118 cm³/mol. The van der Waals surface area contributed by atoms with Crippen LogP contribution in [0.1, 0.15) is 17.3 Å². The Labute approximate surface area is 178 Å². The van der Waals surface area contributed by atoms with Crippen LogP contribution in [0.2, 0.25) is 0 Å². The molecule has 2 N–H and O–H groups in total. The first kappa shape index (κ1) is 21.6. The summed E-state index contributed by atoms with van der Waals surface area (Å²) in [7, 11) is -1.81. The van der Waals surface area contributed by atoms with Crippen LogP contribution < -0.4 is 19.5 Å². The van der Waals surface area contributed by atoms with E-state index in [0.29, 0.717) is 40.2 Å². The molecule has 1 aromatic heterocycles. The Balaban J connectivity index is 1.71. The van der Waals surface area contributed by atoms with E-state index >= 15 is 0 Å². The Morgan fingerprint density at radius 1 is 1.13 bits per heavy atom. The first-order valence-corrected chi connectivity index (χ1v) is 11.7. The Morgan fingerprint density at radius 3 is 2.50 bits per heavy atom. The van der Waals surface area contributed by atoms with E-state index in [-0.39, 0.29) is 5.91 Å². The molecule has 0 bridgehead atoms. The van der Waals surface area contributed by atoms with Crippen molar-refractivity contribution >= 4 is 38.1 Å². The van der Waals surface area contributed by atoms with Crippen LogP contribution in [0, 0.1) is 0 Å². The summed E-state index contributed by atoms with van der Waals surface area (Å²) in [5.74, 6) is 0.735. The zero-order valence-electron chi connectivity index (χ0n) is 16.6. The number of ether oxygens (including phenoxy) is 2. The minimum Gasteiger partial charge on any atom is -0.493 e. The van der Waals surface area contributed by atoms with Gasteiger partial charge in [0.1, 0.15) is 0 Å². The smallest absolute Gasteiger partial charge is 0.257 e. The Bertz CT molecular complexity index is 1140. The predicted octanol–water partition coefficient (Wildman–Crippen LogP) is 3.84. The minimum atomic E-state index is -3.33. The molecule has 3 aromatic rings. The van der Waals surface area contributed by atoms with Crippen molar-refractivity contribution in [3.05, 3.63) is 53.4 Å². The standard InChI is InChI=1S/C20H21N3O5S2/c1-4-28-17-10-7-14(11-18(17)27-2)19(24)22-20-21-16(12-29-20)13-5-8-15(9-6-13)23-30(3,25)26/h5-12,23H,4H2,1-3H3,(H,21,22,24). The number of aromatic nitrogens is 1. The minimum absolute atomic E-state index is 0.315. The van der Waals surface area contributed by atoms with E-state index in [1.807, 2.05) is 12.3 Å². The molecule has 3 rings (SSSR count). The second-order valence-electron chi connectivity index (χ2n) is 6.24. The molecule has 30 heavy (non-hydrogen) atoms. The lowest BCUT2D eigenvalue weighted by Gasteiger charge is -2.10. The number of nitrogens with zero attached hydrogens (tertiary/aromatic N) is 1. The third-order valence-electron chi connectivity index (χ3n) is 3.93. The maximum Gasteiger partial charge on any atom is 0.257 e. The molecule has 0 atom stereocenters. The number of sulfonamides is 1. The summed E-state index contributed by atoms with van der Waals surface area (Å²) in [4.78, 5) is 17.0. The zero-order valence-corrected chi connectivity index (χ0v) is 18.3. The molecule has 0 aliphatic heterocycles. The van der Waals surface area contributed by atoms with Crippen LogP contribution in [0.3, 0.4) is 0 Å². The number of amides is 1. The van der Waals surface area contributed by atoms with Crippen molar-refractivity contribution in [1.82, 2.24) is 4.98 Å². The average molecular weight is 448 g/mol. The quantitative estimate of drug-likeness (QED) is 0.543. The van der Waals surface area contributed by atoms with Gasteiger partial charge in [-0.3, -0.25) is 14.8 Å². The molecule has 1 amide bonds. The fraction of sp³-hybridized carbons (Fsp3) is 0.200. The third kappa shape index (κ3) is 5.49. The number of thiazole rings is 1. The number of methoxy groups -OCH3 is 1. The van der Waals surface area contributed by atoms with Gasteiger partial charge in [0.15, 0.2) is 16.6 Å². The van der Waals surface area contributed by atoms with Crippen LogP contribution in [0.4, 0.5) is 10.8 Å². The fourth-order valence-electron chi connectivity index (χ4n) is 2.64. The summed E-state index contributed by atoms with van der Waals surface area (Å²) in [6.07, 6.45) is 1.09. The lowest BCUT2D eigenvalue weighted by Crippen LogP contribution is -2.12. The second-order valence-corrected chi connectivity index (χ2v) is 8.85. The topological polar surface area (TPSA) is 107 Å². The number of rotatable bonds is 8. The van der Waals surface area contributed by atoms with Crippen LogP contribution in [-0.2, 0) is 10.0 Å². The third-order valence-corrected chi connectivity index (χ3v) is 5.30. The lowest BCUT2D eigenvalue weighted by molar-refractivity contribution is 0.102. The highest BCUT2D eigenvalue weighted by molar-refractivity contribution is 7.92. The van der Waals surface area contributed by atoms with Gasteiger partial charge < -0.3 is 9.47 Å². The van der Waals surface area contributed by atoms with Gasteiger partial charge in [-0.1, -0.05) is 12.1 Å². The number of carbonyl (C=O) groups is 1. The molecule has 0 aliphatic carbocycles. The molecule has 0 radical (unpaired) electrons. The van der Waals surface area contributed by atoms with Gasteiger partial charge in [0.05, 0.1) is 25.7 Å². The van der Waals surface area contributed by atoms with E-state index in [1.165, 1.54) is 18.4 Å². The normalized spacial score (nSPS) is 11.0. The van der Waals surface area contributed by atoms with E-state index in [4.69, 9.17) is 9.47 Å². The number of anilines is 2. The van der Waals surface area contributed by atoms with Gasteiger partial charge in [-0.15, -0.1) is 11.3 Å². The van der Waals surface area contributed by atoms with Crippen LogP contribution >= 0.6 is 11.3 Å². The van der Waals surface area contributed by atoms with E-state index < -0.39 is 10.0 Å². The van der Waals surface area contributed by atoms with Crippen molar-refractivity contribution in [2.75, 3.05) is 30.0 Å². The monoisotopic (exact) mass is 447 g/mol. The largest absolute Gasteiger partial charge is 0.493 e. The molecule has 1 heterocycles. The molecule has 0 unspecified atom stereocenters. The SMILES string of the molecule is CCOc1ccc(C(=O)Nc2nc(-c3ccc(NS(C)(=O)=O)cc3)cs2)cc1OC. The molecule has 10 heteroatoms. The fourth-order valence-corrected chi connectivity index (χ4v) is 3.92. The van der Waals surface area contributed by atoms with E-state index in [1.54, 1.807) is 42.5 Å². The summed E-state index contributed by atoms with van der Waals surface area (Å²) < 4.78 is 35.7. The van der Waals surface area contributed by atoms with Gasteiger partial charge in [0.25, 0.3) is 5.91 Å².